The van der Waals surface area contributed by atoms with Crippen molar-refractivity contribution in [3.05, 3.63) is 0 Å². The molecule has 1 fully saturated rings. The molecule has 1 heterocycles. The molecule has 0 radical (unpaired) electrons. The van der Waals surface area contributed by atoms with Crippen molar-refractivity contribution in [2.75, 3.05) is 26.7 Å². The van der Waals surface area contributed by atoms with Crippen LogP contribution < -0.4 is 0 Å². The summed E-state index contributed by atoms with van der Waals surface area (Å²) >= 11 is 0. The third kappa shape index (κ3) is 4.72. The van der Waals surface area contributed by atoms with Crippen LogP contribution in [0.1, 0.15) is 27.2 Å². The van der Waals surface area contributed by atoms with E-state index in [1.165, 1.54) is 0 Å². The second-order valence-electron chi connectivity index (χ2n) is 5.62. The van der Waals surface area contributed by atoms with E-state index in [1.807, 2.05) is 25.7 Å². The molecule has 0 aromatic carbocycles. The molecule has 1 rings (SSSR count). The van der Waals surface area contributed by atoms with Gasteiger partial charge in [0.05, 0.1) is 18.7 Å². The number of hydrogen-bond donors (Lipinski definition) is 1. The number of carbonyl (C=O) groups is 2. The summed E-state index contributed by atoms with van der Waals surface area (Å²) < 4.78 is 5.87. The number of likely N-dealkylation sites (N-methyl/N-ethyl adjacent to an activating group) is 1. The van der Waals surface area contributed by atoms with Gasteiger partial charge in [0.2, 0.25) is 0 Å². The van der Waals surface area contributed by atoms with Gasteiger partial charge in [-0.1, -0.05) is 0 Å². The van der Waals surface area contributed by atoms with Crippen LogP contribution >= 0.6 is 0 Å². The summed E-state index contributed by atoms with van der Waals surface area (Å²) in [5.41, 5.74) is -0.400. The Morgan fingerprint density at radius 3 is 2.56 bits per heavy atom. The minimum Gasteiger partial charge on any atom is -0.480 e. The lowest BCUT2D eigenvalue weighted by molar-refractivity contribution is -0.196. The standard InChI is InChI=1S/C12H22N2O4/c1-12(2,3)18-11(13(4)8-10(16)17)14-6-5-9(15)7-14/h11H,5-8H2,1-4H3,(H,16,17). The van der Waals surface area contributed by atoms with E-state index in [0.717, 1.165) is 0 Å². The van der Waals surface area contributed by atoms with Gasteiger partial charge in [-0.3, -0.25) is 19.4 Å². The van der Waals surface area contributed by atoms with Crippen molar-refractivity contribution in [2.45, 2.75) is 39.1 Å². The van der Waals surface area contributed by atoms with Gasteiger partial charge >= 0.3 is 5.97 Å². The molecular formula is C12H22N2O4. The molecule has 18 heavy (non-hydrogen) atoms. The smallest absolute Gasteiger partial charge is 0.317 e. The van der Waals surface area contributed by atoms with Gasteiger partial charge in [-0.2, -0.15) is 0 Å². The van der Waals surface area contributed by atoms with Crippen LogP contribution in [0.2, 0.25) is 0 Å². The third-order valence-electron chi connectivity index (χ3n) is 2.59. The van der Waals surface area contributed by atoms with Crippen molar-refractivity contribution >= 4 is 11.8 Å². The van der Waals surface area contributed by atoms with Crippen LogP contribution in [0, 0.1) is 0 Å². The number of Topliss-reactive ketones (excluding diaryl/α,β-unsaturated/α-hetero) is 1. The summed E-state index contributed by atoms with van der Waals surface area (Å²) in [6.45, 7) is 6.55. The maximum absolute atomic E-state index is 11.3. The summed E-state index contributed by atoms with van der Waals surface area (Å²) in [6, 6.07) is 0. The predicted molar refractivity (Wildman–Crippen MR) is 66.1 cm³/mol. The zero-order valence-electron chi connectivity index (χ0n) is 11.5. The van der Waals surface area contributed by atoms with Gasteiger partial charge in [-0.15, -0.1) is 0 Å². The molecule has 0 bridgehead atoms. The molecule has 0 amide bonds. The Kier molecular flexibility index (Phi) is 4.84. The molecule has 1 unspecified atom stereocenters. The molecule has 6 heteroatoms. The molecule has 1 atom stereocenters. The SMILES string of the molecule is CN(CC(=O)O)C(OC(C)(C)C)N1CCC(=O)C1. The minimum atomic E-state index is -0.912. The fourth-order valence-electron chi connectivity index (χ4n) is 1.89. The summed E-state index contributed by atoms with van der Waals surface area (Å²) in [5.74, 6) is -0.744. The van der Waals surface area contributed by atoms with Crippen molar-refractivity contribution in [1.82, 2.24) is 9.80 Å². The van der Waals surface area contributed by atoms with Gasteiger partial charge in [0.1, 0.15) is 5.78 Å². The molecule has 0 aliphatic carbocycles. The van der Waals surface area contributed by atoms with Crippen LogP contribution in [0.25, 0.3) is 0 Å². The summed E-state index contributed by atoms with van der Waals surface area (Å²) in [6.07, 6.45) is 0.0258. The second-order valence-corrected chi connectivity index (χ2v) is 5.62. The van der Waals surface area contributed by atoms with E-state index in [0.29, 0.717) is 19.5 Å². The average molecular weight is 258 g/mol. The van der Waals surface area contributed by atoms with E-state index < -0.39 is 17.9 Å². The van der Waals surface area contributed by atoms with Crippen LogP contribution in [0.3, 0.4) is 0 Å². The molecule has 1 aliphatic rings. The Hall–Kier alpha value is -0.980. The van der Waals surface area contributed by atoms with Gasteiger partial charge < -0.3 is 9.84 Å². The second kappa shape index (κ2) is 5.77. The number of ether oxygens (including phenoxy) is 1. The van der Waals surface area contributed by atoms with E-state index in [4.69, 9.17) is 9.84 Å². The summed E-state index contributed by atoms with van der Waals surface area (Å²) in [4.78, 5) is 25.6. The van der Waals surface area contributed by atoms with Crippen molar-refractivity contribution in [3.63, 3.8) is 0 Å². The lowest BCUT2D eigenvalue weighted by atomic mass is 10.2. The van der Waals surface area contributed by atoms with Gasteiger partial charge in [-0.25, -0.2) is 0 Å². The Morgan fingerprint density at radius 2 is 2.17 bits per heavy atom. The average Bonchev–Trinajstić information content (AvgIpc) is 2.58. The molecular weight excluding hydrogens is 236 g/mol. The summed E-state index contributed by atoms with van der Waals surface area (Å²) in [7, 11) is 1.69. The lowest BCUT2D eigenvalue weighted by Gasteiger charge is -2.38. The van der Waals surface area contributed by atoms with Crippen LogP contribution in [0.5, 0.6) is 0 Å². The molecule has 104 valence electrons. The molecule has 0 saturated carbocycles. The lowest BCUT2D eigenvalue weighted by Crippen LogP contribution is -2.52. The third-order valence-corrected chi connectivity index (χ3v) is 2.59. The Labute approximate surface area is 107 Å². The van der Waals surface area contributed by atoms with E-state index >= 15 is 0 Å². The highest BCUT2D eigenvalue weighted by molar-refractivity contribution is 5.82. The number of likely N-dealkylation sites (tertiary alicyclic amines) is 1. The van der Waals surface area contributed by atoms with E-state index in [1.54, 1.807) is 11.9 Å². The van der Waals surface area contributed by atoms with Crippen LogP contribution in [0.4, 0.5) is 0 Å². The molecule has 0 aromatic rings. The number of carbonyl (C=O) groups excluding carboxylic acids is 1. The number of ketones is 1. The fraction of sp³-hybridized carbons (Fsp3) is 0.833. The highest BCUT2D eigenvalue weighted by atomic mass is 16.5. The first kappa shape index (κ1) is 15.1. The Morgan fingerprint density at radius 1 is 1.56 bits per heavy atom. The van der Waals surface area contributed by atoms with Crippen LogP contribution in [-0.2, 0) is 14.3 Å². The predicted octanol–water partition coefficient (Wildman–Crippen LogP) is 0.376. The maximum atomic E-state index is 11.3. The molecule has 0 spiro atoms. The van der Waals surface area contributed by atoms with Gasteiger partial charge in [0.15, 0.2) is 6.35 Å². The molecule has 1 N–H and O–H groups in total. The number of nitrogens with zero attached hydrogens (tertiary/aromatic N) is 2. The zero-order chi connectivity index (χ0) is 13.9. The highest BCUT2D eigenvalue weighted by Gasteiger charge is 2.33. The number of carboxylic acids is 1. The molecule has 1 aliphatic heterocycles. The van der Waals surface area contributed by atoms with Gasteiger partial charge in [0.25, 0.3) is 0 Å². The van der Waals surface area contributed by atoms with Gasteiger partial charge in [0, 0.05) is 13.0 Å². The van der Waals surface area contributed by atoms with E-state index in [-0.39, 0.29) is 12.3 Å². The summed E-state index contributed by atoms with van der Waals surface area (Å²) in [5, 5.41) is 8.84. The molecule has 0 aromatic heterocycles. The molecule has 1 saturated heterocycles. The monoisotopic (exact) mass is 258 g/mol. The van der Waals surface area contributed by atoms with Crippen molar-refractivity contribution in [2.24, 2.45) is 0 Å². The molecule has 6 nitrogen and oxygen atoms in total. The minimum absolute atomic E-state index is 0.120. The fourth-order valence-corrected chi connectivity index (χ4v) is 1.89. The largest absolute Gasteiger partial charge is 0.480 e. The van der Waals surface area contributed by atoms with Crippen molar-refractivity contribution < 1.29 is 19.4 Å². The number of rotatable bonds is 5. The first-order valence-corrected chi connectivity index (χ1v) is 6.04. The normalized spacial score (nSPS) is 19.5. The van der Waals surface area contributed by atoms with Crippen molar-refractivity contribution in [3.8, 4) is 0 Å². The topological polar surface area (TPSA) is 70.1 Å². The Balaban J connectivity index is 2.74. The van der Waals surface area contributed by atoms with Crippen LogP contribution in [-0.4, -0.2) is 65.3 Å². The highest BCUT2D eigenvalue weighted by Crippen LogP contribution is 2.19. The van der Waals surface area contributed by atoms with Gasteiger partial charge in [-0.05, 0) is 27.8 Å². The zero-order valence-corrected chi connectivity index (χ0v) is 11.5. The number of aliphatic carboxylic acids is 1. The van der Waals surface area contributed by atoms with E-state index in [2.05, 4.69) is 0 Å². The first-order chi connectivity index (χ1) is 8.19. The van der Waals surface area contributed by atoms with Crippen LogP contribution in [0.15, 0.2) is 0 Å². The maximum Gasteiger partial charge on any atom is 0.317 e. The van der Waals surface area contributed by atoms with Crippen molar-refractivity contribution in [1.29, 1.82) is 0 Å². The van der Waals surface area contributed by atoms with E-state index in [9.17, 15) is 9.59 Å². The first-order valence-electron chi connectivity index (χ1n) is 6.04. The number of carboxylic acid groups (broad SMARTS) is 1. The number of hydrogen-bond acceptors (Lipinski definition) is 5. The Bertz CT molecular complexity index is 325. The quantitative estimate of drug-likeness (QED) is 0.719.